The van der Waals surface area contributed by atoms with Gasteiger partial charge in [0.05, 0.1) is 19.3 Å². The second-order valence-electron chi connectivity index (χ2n) is 7.60. The van der Waals surface area contributed by atoms with Crippen LogP contribution in [0.2, 0.25) is 0 Å². The molecule has 0 bridgehead atoms. The van der Waals surface area contributed by atoms with Crippen LogP contribution in [0.4, 0.5) is 0 Å². The van der Waals surface area contributed by atoms with E-state index in [1.165, 1.54) is 64.2 Å². The number of allylic oxidation sites excluding steroid dienone is 1. The van der Waals surface area contributed by atoms with Gasteiger partial charge in [0.25, 0.3) is 0 Å². The van der Waals surface area contributed by atoms with Crippen molar-refractivity contribution in [2.24, 2.45) is 0 Å². The first-order valence-electron chi connectivity index (χ1n) is 10.9. The van der Waals surface area contributed by atoms with E-state index in [4.69, 9.17) is 0 Å². The fourth-order valence-electron chi connectivity index (χ4n) is 3.67. The largest absolute Gasteiger partial charge is 0.351 e. The van der Waals surface area contributed by atoms with Crippen LogP contribution in [0.1, 0.15) is 85.0 Å². The topological polar surface area (TPSA) is 41.1 Å². The van der Waals surface area contributed by atoms with Gasteiger partial charge in [0.15, 0.2) is 6.17 Å². The van der Waals surface area contributed by atoms with Crippen LogP contribution in [0.15, 0.2) is 24.6 Å². The molecular weight excluding hydrogens is 322 g/mol. The normalized spacial score (nSPS) is 22.0. The molecule has 0 aromatic rings. The van der Waals surface area contributed by atoms with Crippen LogP contribution in [0.25, 0.3) is 0 Å². The zero-order valence-corrected chi connectivity index (χ0v) is 17.4. The van der Waals surface area contributed by atoms with Crippen molar-refractivity contribution in [1.82, 2.24) is 10.6 Å². The Morgan fingerprint density at radius 1 is 1.08 bits per heavy atom. The Morgan fingerprint density at radius 2 is 1.73 bits per heavy atom. The van der Waals surface area contributed by atoms with Gasteiger partial charge in [0.1, 0.15) is 12.7 Å². The molecule has 0 spiro atoms. The van der Waals surface area contributed by atoms with E-state index in [1.807, 2.05) is 0 Å². The highest BCUT2D eigenvalue weighted by atomic mass is 16.1. The van der Waals surface area contributed by atoms with E-state index in [1.54, 1.807) is 6.92 Å². The van der Waals surface area contributed by atoms with E-state index in [2.05, 4.69) is 49.0 Å². The molecule has 1 amide bonds. The first kappa shape index (κ1) is 22.8. The zero-order chi connectivity index (χ0) is 19.1. The van der Waals surface area contributed by atoms with Gasteiger partial charge >= 0.3 is 0 Å². The molecule has 0 fully saturated rings. The lowest BCUT2D eigenvalue weighted by atomic mass is 10.1. The van der Waals surface area contributed by atoms with Crippen molar-refractivity contribution >= 4 is 5.91 Å². The number of unbranched alkanes of at least 4 members (excludes halogenated alkanes) is 9. The van der Waals surface area contributed by atoms with Crippen LogP contribution in [-0.2, 0) is 4.79 Å². The Hall–Kier alpha value is -1.29. The quantitative estimate of drug-likeness (QED) is 0.248. The smallest absolute Gasteiger partial charge is 0.217 e. The molecule has 1 aliphatic rings. The van der Waals surface area contributed by atoms with Gasteiger partial charge in [-0.3, -0.25) is 9.28 Å². The molecule has 0 aromatic heterocycles. The SMILES string of the molecule is CCCCCCCCCCC/C=C/C1NC=C[N+]1(CC)CCNC(C)=O. The third-order valence-corrected chi connectivity index (χ3v) is 5.48. The second kappa shape index (κ2) is 13.9. The van der Waals surface area contributed by atoms with Gasteiger partial charge in [-0.2, -0.15) is 0 Å². The predicted octanol–water partition coefficient (Wildman–Crippen LogP) is 4.84. The standard InChI is InChI=1S/C22H41N3O/c1-4-6-7-8-9-10-11-12-13-14-15-16-22-24-18-20-25(22,5-2)19-17-23-21(3)26/h15-16,18,20,22,24H,4-14,17,19H2,1-3H3/p+1/b16-15+. The predicted molar refractivity (Wildman–Crippen MR) is 111 cm³/mol. The van der Waals surface area contributed by atoms with Crippen molar-refractivity contribution in [3.8, 4) is 0 Å². The Kier molecular flexibility index (Phi) is 12.1. The molecule has 26 heavy (non-hydrogen) atoms. The van der Waals surface area contributed by atoms with E-state index in [0.29, 0.717) is 6.17 Å². The van der Waals surface area contributed by atoms with E-state index in [-0.39, 0.29) is 5.91 Å². The minimum Gasteiger partial charge on any atom is -0.351 e. The van der Waals surface area contributed by atoms with Crippen molar-refractivity contribution in [2.45, 2.75) is 91.1 Å². The summed E-state index contributed by atoms with van der Waals surface area (Å²) in [5.41, 5.74) is 0. The van der Waals surface area contributed by atoms with E-state index in [0.717, 1.165) is 24.1 Å². The minimum atomic E-state index is 0.0489. The van der Waals surface area contributed by atoms with Gasteiger partial charge in [-0.25, -0.2) is 0 Å². The Bertz CT molecular complexity index is 433. The maximum Gasteiger partial charge on any atom is 0.217 e. The number of nitrogens with zero attached hydrogens (tertiary/aromatic N) is 1. The molecule has 0 aliphatic carbocycles. The van der Waals surface area contributed by atoms with Crippen LogP contribution in [0, 0.1) is 0 Å². The van der Waals surface area contributed by atoms with Crippen molar-refractivity contribution in [3.05, 3.63) is 24.6 Å². The Labute approximate surface area is 161 Å². The van der Waals surface area contributed by atoms with Gasteiger partial charge in [-0.05, 0) is 25.8 Å². The molecule has 4 heteroatoms. The molecule has 4 nitrogen and oxygen atoms in total. The summed E-state index contributed by atoms with van der Waals surface area (Å²) in [6, 6.07) is 0. The molecule has 150 valence electrons. The molecule has 2 unspecified atom stereocenters. The molecule has 1 heterocycles. The van der Waals surface area contributed by atoms with Crippen LogP contribution < -0.4 is 10.6 Å². The maximum absolute atomic E-state index is 11.1. The van der Waals surface area contributed by atoms with E-state index >= 15 is 0 Å². The molecule has 0 aromatic carbocycles. The monoisotopic (exact) mass is 364 g/mol. The van der Waals surface area contributed by atoms with Crippen molar-refractivity contribution in [3.63, 3.8) is 0 Å². The Morgan fingerprint density at radius 3 is 2.35 bits per heavy atom. The Balaban J connectivity index is 2.18. The second-order valence-corrected chi connectivity index (χ2v) is 7.60. The highest BCUT2D eigenvalue weighted by molar-refractivity contribution is 5.72. The molecule has 2 N–H and O–H groups in total. The third-order valence-electron chi connectivity index (χ3n) is 5.48. The summed E-state index contributed by atoms with van der Waals surface area (Å²) in [5.74, 6) is 0.0489. The maximum atomic E-state index is 11.1. The lowest BCUT2D eigenvalue weighted by Gasteiger charge is -2.35. The summed E-state index contributed by atoms with van der Waals surface area (Å²) in [5, 5.41) is 6.39. The van der Waals surface area contributed by atoms with Crippen molar-refractivity contribution in [2.75, 3.05) is 19.6 Å². The molecule has 0 saturated heterocycles. The average Bonchev–Trinajstić information content (AvgIpc) is 3.02. The number of hydrogen-bond acceptors (Lipinski definition) is 2. The van der Waals surface area contributed by atoms with Crippen molar-refractivity contribution in [1.29, 1.82) is 0 Å². The summed E-state index contributed by atoms with van der Waals surface area (Å²) in [6.45, 7) is 8.74. The fourth-order valence-corrected chi connectivity index (χ4v) is 3.67. The van der Waals surface area contributed by atoms with Gasteiger partial charge in [-0.1, -0.05) is 64.4 Å². The third kappa shape index (κ3) is 8.88. The first-order valence-corrected chi connectivity index (χ1v) is 10.9. The van der Waals surface area contributed by atoms with Gasteiger partial charge in [-0.15, -0.1) is 0 Å². The zero-order valence-electron chi connectivity index (χ0n) is 17.4. The first-order chi connectivity index (χ1) is 12.6. The highest BCUT2D eigenvalue weighted by Gasteiger charge is 2.34. The lowest BCUT2D eigenvalue weighted by Crippen LogP contribution is -2.54. The molecule has 2 atom stereocenters. The molecule has 0 radical (unpaired) electrons. The number of nitrogens with one attached hydrogen (secondary N) is 2. The number of hydrogen-bond donors (Lipinski definition) is 2. The molecular formula is C22H42N3O+. The van der Waals surface area contributed by atoms with Gasteiger partial charge in [0, 0.05) is 6.92 Å². The highest BCUT2D eigenvalue weighted by Crippen LogP contribution is 2.19. The number of carbonyl (C=O) groups is 1. The van der Waals surface area contributed by atoms with Gasteiger partial charge < -0.3 is 10.6 Å². The summed E-state index contributed by atoms with van der Waals surface area (Å²) >= 11 is 0. The number of rotatable bonds is 15. The number of likely N-dealkylation sites (N-methyl/N-ethyl adjacent to an activating group) is 1. The van der Waals surface area contributed by atoms with E-state index < -0.39 is 0 Å². The van der Waals surface area contributed by atoms with Crippen LogP contribution >= 0.6 is 0 Å². The van der Waals surface area contributed by atoms with Crippen LogP contribution in [0.3, 0.4) is 0 Å². The summed E-state index contributed by atoms with van der Waals surface area (Å²) < 4.78 is 0.870. The summed E-state index contributed by atoms with van der Waals surface area (Å²) in [6.07, 6.45) is 22.8. The molecule has 1 rings (SSSR count). The van der Waals surface area contributed by atoms with Crippen LogP contribution in [-0.4, -0.2) is 36.2 Å². The summed E-state index contributed by atoms with van der Waals surface area (Å²) in [4.78, 5) is 11.1. The number of amides is 1. The average molecular weight is 365 g/mol. The van der Waals surface area contributed by atoms with Crippen LogP contribution in [0.5, 0.6) is 0 Å². The number of quaternary nitrogens is 1. The number of carbonyl (C=O) groups excluding carboxylic acids is 1. The molecule has 1 aliphatic heterocycles. The minimum absolute atomic E-state index is 0.0489. The molecule has 0 saturated carbocycles. The van der Waals surface area contributed by atoms with E-state index in [9.17, 15) is 4.79 Å². The van der Waals surface area contributed by atoms with Crippen molar-refractivity contribution < 1.29 is 9.28 Å². The fraction of sp³-hybridized carbons (Fsp3) is 0.773. The lowest BCUT2D eigenvalue weighted by molar-refractivity contribution is -0.891. The van der Waals surface area contributed by atoms with Gasteiger partial charge in [0.2, 0.25) is 5.91 Å². The summed E-state index contributed by atoms with van der Waals surface area (Å²) in [7, 11) is 0.